The highest BCUT2D eigenvalue weighted by Gasteiger charge is 2.38. The molecule has 1 aliphatic heterocycles. The first-order valence-electron chi connectivity index (χ1n) is 5.40. The van der Waals surface area contributed by atoms with Crippen LogP contribution in [0.1, 0.15) is 26.2 Å². The molecule has 1 atom stereocenters. The molecular weight excluding hydrogens is 196 g/mol. The van der Waals surface area contributed by atoms with Crippen molar-refractivity contribution in [3.8, 4) is 0 Å². The average molecular weight is 216 g/mol. The van der Waals surface area contributed by atoms with Crippen molar-refractivity contribution in [1.29, 1.82) is 0 Å². The van der Waals surface area contributed by atoms with Crippen LogP contribution >= 0.6 is 0 Å². The minimum absolute atomic E-state index is 0.161. The average Bonchev–Trinajstić information content (AvgIpc) is 2.06. The fourth-order valence-corrected chi connectivity index (χ4v) is 1.78. The summed E-state index contributed by atoms with van der Waals surface area (Å²) in [7, 11) is 0. The molecule has 5 heteroatoms. The van der Waals surface area contributed by atoms with Crippen LogP contribution in [0, 0.1) is 0 Å². The normalized spacial score (nSPS) is 20.7. The SMILES string of the molecule is CC(O)CCCNC1(CC(=O)O)CNC1. The zero-order valence-corrected chi connectivity index (χ0v) is 9.12. The third kappa shape index (κ3) is 4.15. The Balaban J connectivity index is 2.19. The highest BCUT2D eigenvalue weighted by atomic mass is 16.4. The number of rotatable bonds is 7. The molecule has 1 heterocycles. The predicted molar refractivity (Wildman–Crippen MR) is 56.8 cm³/mol. The molecule has 0 aromatic heterocycles. The van der Waals surface area contributed by atoms with Crippen molar-refractivity contribution < 1.29 is 15.0 Å². The van der Waals surface area contributed by atoms with E-state index in [-0.39, 0.29) is 18.1 Å². The van der Waals surface area contributed by atoms with Crippen molar-refractivity contribution in [2.24, 2.45) is 0 Å². The van der Waals surface area contributed by atoms with Crippen LogP contribution < -0.4 is 10.6 Å². The summed E-state index contributed by atoms with van der Waals surface area (Å²) in [4.78, 5) is 10.6. The zero-order valence-electron chi connectivity index (χ0n) is 9.12. The van der Waals surface area contributed by atoms with Crippen molar-refractivity contribution in [3.63, 3.8) is 0 Å². The first kappa shape index (κ1) is 12.4. The van der Waals surface area contributed by atoms with E-state index >= 15 is 0 Å². The van der Waals surface area contributed by atoms with Crippen LogP contribution in [-0.2, 0) is 4.79 Å². The van der Waals surface area contributed by atoms with E-state index in [9.17, 15) is 4.79 Å². The Morgan fingerprint density at radius 3 is 2.67 bits per heavy atom. The minimum Gasteiger partial charge on any atom is -0.481 e. The first-order chi connectivity index (χ1) is 7.04. The molecule has 1 rings (SSSR count). The number of aliphatic hydroxyl groups excluding tert-OH is 1. The summed E-state index contributed by atoms with van der Waals surface area (Å²) in [6.45, 7) is 3.96. The van der Waals surface area contributed by atoms with Crippen molar-refractivity contribution in [2.45, 2.75) is 37.8 Å². The zero-order chi connectivity index (χ0) is 11.3. The second-order valence-corrected chi connectivity index (χ2v) is 4.37. The van der Waals surface area contributed by atoms with Crippen molar-refractivity contribution in [3.05, 3.63) is 0 Å². The molecule has 0 bridgehead atoms. The molecule has 0 aromatic rings. The molecule has 1 aliphatic rings. The maximum Gasteiger partial charge on any atom is 0.305 e. The molecule has 0 saturated carbocycles. The van der Waals surface area contributed by atoms with Gasteiger partial charge >= 0.3 is 5.97 Å². The van der Waals surface area contributed by atoms with Crippen LogP contribution in [0.25, 0.3) is 0 Å². The van der Waals surface area contributed by atoms with Gasteiger partial charge in [-0.1, -0.05) is 0 Å². The Labute approximate surface area is 89.9 Å². The van der Waals surface area contributed by atoms with Crippen molar-refractivity contribution in [1.82, 2.24) is 10.6 Å². The lowest BCUT2D eigenvalue weighted by atomic mass is 9.88. The molecule has 0 spiro atoms. The Bertz CT molecular complexity index is 215. The molecule has 0 aliphatic carbocycles. The Morgan fingerprint density at radius 1 is 1.60 bits per heavy atom. The van der Waals surface area contributed by atoms with Gasteiger partial charge in [-0.15, -0.1) is 0 Å². The molecule has 1 fully saturated rings. The number of carbonyl (C=O) groups is 1. The van der Waals surface area contributed by atoms with Crippen LogP contribution in [0.15, 0.2) is 0 Å². The van der Waals surface area contributed by atoms with E-state index in [1.165, 1.54) is 0 Å². The molecule has 0 radical (unpaired) electrons. The Kier molecular flexibility index (Phi) is 4.50. The van der Waals surface area contributed by atoms with E-state index < -0.39 is 5.97 Å². The lowest BCUT2D eigenvalue weighted by Crippen LogP contribution is -2.68. The number of aliphatic carboxylic acids is 1. The van der Waals surface area contributed by atoms with Gasteiger partial charge in [-0.05, 0) is 26.3 Å². The predicted octanol–water partition coefficient (Wildman–Crippen LogP) is -0.446. The maximum absolute atomic E-state index is 10.6. The van der Waals surface area contributed by atoms with Crippen molar-refractivity contribution >= 4 is 5.97 Å². The van der Waals surface area contributed by atoms with E-state index in [0.717, 1.165) is 19.4 Å². The third-order valence-electron chi connectivity index (χ3n) is 2.72. The van der Waals surface area contributed by atoms with Gasteiger partial charge in [0.2, 0.25) is 0 Å². The lowest BCUT2D eigenvalue weighted by Gasteiger charge is -2.42. The summed E-state index contributed by atoms with van der Waals surface area (Å²) >= 11 is 0. The van der Waals surface area contributed by atoms with Gasteiger partial charge in [0.05, 0.1) is 18.1 Å². The molecule has 1 unspecified atom stereocenters. The number of carboxylic acid groups (broad SMARTS) is 1. The fourth-order valence-electron chi connectivity index (χ4n) is 1.78. The van der Waals surface area contributed by atoms with Gasteiger partial charge < -0.3 is 20.8 Å². The Hall–Kier alpha value is -0.650. The molecular formula is C10H20N2O3. The van der Waals surface area contributed by atoms with Gasteiger partial charge in [-0.3, -0.25) is 4.79 Å². The van der Waals surface area contributed by atoms with Gasteiger partial charge in [-0.25, -0.2) is 0 Å². The van der Waals surface area contributed by atoms with E-state index in [2.05, 4.69) is 10.6 Å². The summed E-state index contributed by atoms with van der Waals surface area (Å²) in [5.74, 6) is -0.764. The van der Waals surface area contributed by atoms with E-state index in [1.807, 2.05) is 0 Å². The summed E-state index contributed by atoms with van der Waals surface area (Å²) in [5, 5.41) is 24.2. The molecule has 0 aromatic carbocycles. The smallest absolute Gasteiger partial charge is 0.305 e. The third-order valence-corrected chi connectivity index (χ3v) is 2.72. The maximum atomic E-state index is 10.6. The summed E-state index contributed by atoms with van der Waals surface area (Å²) < 4.78 is 0. The second kappa shape index (κ2) is 5.44. The highest BCUT2D eigenvalue weighted by molar-refractivity contribution is 5.68. The molecule has 1 saturated heterocycles. The van der Waals surface area contributed by atoms with Crippen LogP contribution in [-0.4, -0.2) is 47.5 Å². The van der Waals surface area contributed by atoms with Crippen LogP contribution in [0.4, 0.5) is 0 Å². The topological polar surface area (TPSA) is 81.6 Å². The summed E-state index contributed by atoms with van der Waals surface area (Å²) in [6, 6.07) is 0. The standard InChI is InChI=1S/C10H20N2O3/c1-8(13)3-2-4-12-10(5-9(14)15)6-11-7-10/h8,11-13H,2-7H2,1H3,(H,14,15). The lowest BCUT2D eigenvalue weighted by molar-refractivity contribution is -0.139. The molecule has 4 N–H and O–H groups in total. The van der Waals surface area contributed by atoms with E-state index in [0.29, 0.717) is 13.1 Å². The molecule has 5 nitrogen and oxygen atoms in total. The second-order valence-electron chi connectivity index (χ2n) is 4.37. The van der Waals surface area contributed by atoms with Crippen LogP contribution in [0.2, 0.25) is 0 Å². The van der Waals surface area contributed by atoms with Gasteiger partial charge in [0.1, 0.15) is 0 Å². The monoisotopic (exact) mass is 216 g/mol. The number of aliphatic hydroxyl groups is 1. The quantitative estimate of drug-likeness (QED) is 0.434. The number of nitrogens with one attached hydrogen (secondary N) is 2. The van der Waals surface area contributed by atoms with Crippen LogP contribution in [0.3, 0.4) is 0 Å². The first-order valence-corrected chi connectivity index (χ1v) is 5.40. The van der Waals surface area contributed by atoms with E-state index in [1.54, 1.807) is 6.92 Å². The van der Waals surface area contributed by atoms with Gasteiger partial charge in [0.15, 0.2) is 0 Å². The van der Waals surface area contributed by atoms with E-state index in [4.69, 9.17) is 10.2 Å². The van der Waals surface area contributed by atoms with Gasteiger partial charge in [0, 0.05) is 13.1 Å². The molecule has 15 heavy (non-hydrogen) atoms. The molecule has 88 valence electrons. The number of hydrogen-bond acceptors (Lipinski definition) is 4. The summed E-state index contributed by atoms with van der Waals surface area (Å²) in [5.41, 5.74) is -0.259. The van der Waals surface area contributed by atoms with Crippen LogP contribution in [0.5, 0.6) is 0 Å². The fraction of sp³-hybridized carbons (Fsp3) is 0.900. The minimum atomic E-state index is -0.764. The number of hydrogen-bond donors (Lipinski definition) is 4. The van der Waals surface area contributed by atoms with Crippen molar-refractivity contribution in [2.75, 3.05) is 19.6 Å². The highest BCUT2D eigenvalue weighted by Crippen LogP contribution is 2.15. The summed E-state index contributed by atoms with van der Waals surface area (Å²) in [6.07, 6.45) is 1.51. The van der Waals surface area contributed by atoms with Gasteiger partial charge in [-0.2, -0.15) is 0 Å². The Morgan fingerprint density at radius 2 is 2.27 bits per heavy atom. The number of carboxylic acids is 1. The van der Waals surface area contributed by atoms with Gasteiger partial charge in [0.25, 0.3) is 0 Å². The molecule has 0 amide bonds. The largest absolute Gasteiger partial charge is 0.481 e.